The van der Waals surface area contributed by atoms with Crippen molar-refractivity contribution in [2.24, 2.45) is 0 Å². The molecule has 0 saturated heterocycles. The lowest BCUT2D eigenvalue weighted by molar-refractivity contribution is -0.387. The molecular formula is C20H13BrCl2N2O3S. The van der Waals surface area contributed by atoms with Gasteiger partial charge in [-0.15, -0.1) is 0 Å². The highest BCUT2D eigenvalue weighted by molar-refractivity contribution is 9.10. The Morgan fingerprint density at radius 2 is 1.76 bits per heavy atom. The summed E-state index contributed by atoms with van der Waals surface area (Å²) in [4.78, 5) is 24.8. The van der Waals surface area contributed by atoms with Crippen LogP contribution in [0, 0.1) is 10.1 Å². The van der Waals surface area contributed by atoms with Gasteiger partial charge in [-0.25, -0.2) is 0 Å². The van der Waals surface area contributed by atoms with Gasteiger partial charge < -0.3 is 5.32 Å². The smallest absolute Gasteiger partial charge is 0.284 e. The molecule has 0 radical (unpaired) electrons. The minimum absolute atomic E-state index is 0.125. The number of halogens is 3. The van der Waals surface area contributed by atoms with Crippen molar-refractivity contribution >= 4 is 62.5 Å². The molecule has 1 N–H and O–H groups in total. The first kappa shape index (κ1) is 21.6. The third-order valence-electron chi connectivity index (χ3n) is 3.90. The molecule has 0 aliphatic carbocycles. The van der Waals surface area contributed by atoms with Crippen LogP contribution in [0.4, 0.5) is 5.69 Å². The average Bonchev–Trinajstić information content (AvgIpc) is 2.70. The number of hydrogen-bond donors (Lipinski definition) is 1. The second kappa shape index (κ2) is 9.63. The summed E-state index contributed by atoms with van der Waals surface area (Å²) in [5.41, 5.74) is 0.849. The van der Waals surface area contributed by atoms with E-state index in [1.54, 1.807) is 30.3 Å². The van der Waals surface area contributed by atoms with E-state index in [2.05, 4.69) is 21.2 Å². The molecule has 0 heterocycles. The molecule has 0 saturated carbocycles. The van der Waals surface area contributed by atoms with E-state index in [0.29, 0.717) is 14.9 Å². The molecule has 0 atom stereocenters. The average molecular weight is 512 g/mol. The van der Waals surface area contributed by atoms with Crippen molar-refractivity contribution in [1.29, 1.82) is 0 Å². The summed E-state index contributed by atoms with van der Waals surface area (Å²) in [6, 6.07) is 16.9. The van der Waals surface area contributed by atoms with Crippen molar-refractivity contribution in [3.05, 3.63) is 96.4 Å². The first-order chi connectivity index (χ1) is 13.8. The first-order valence-electron chi connectivity index (χ1n) is 8.27. The Kier molecular flexibility index (Phi) is 7.18. The second-order valence-electron chi connectivity index (χ2n) is 5.93. The van der Waals surface area contributed by atoms with Crippen LogP contribution < -0.4 is 5.32 Å². The third kappa shape index (κ3) is 5.73. The molecule has 5 nitrogen and oxygen atoms in total. The molecule has 9 heteroatoms. The lowest BCUT2D eigenvalue weighted by Gasteiger charge is -2.08. The largest absolute Gasteiger partial charge is 0.348 e. The number of amides is 1. The van der Waals surface area contributed by atoms with E-state index in [4.69, 9.17) is 23.2 Å². The van der Waals surface area contributed by atoms with Gasteiger partial charge in [0.1, 0.15) is 0 Å². The maximum absolute atomic E-state index is 12.4. The van der Waals surface area contributed by atoms with E-state index in [1.807, 2.05) is 24.3 Å². The van der Waals surface area contributed by atoms with Gasteiger partial charge in [-0.2, -0.15) is 0 Å². The lowest BCUT2D eigenvalue weighted by atomic mass is 10.1. The molecule has 0 aromatic heterocycles. The van der Waals surface area contributed by atoms with E-state index in [9.17, 15) is 14.9 Å². The van der Waals surface area contributed by atoms with Crippen molar-refractivity contribution in [2.45, 2.75) is 16.3 Å². The van der Waals surface area contributed by atoms with Gasteiger partial charge in [-0.3, -0.25) is 14.9 Å². The summed E-state index contributed by atoms with van der Waals surface area (Å²) in [6.07, 6.45) is 0. The standard InChI is InChI=1S/C20H13BrCl2N2O3S/c21-14-3-5-15(6-4-14)29-19-8-2-13(10-18(19)25(27)28)20(26)24-11-12-1-7-16(22)17(23)9-12/h1-10H,11H2,(H,24,26). The summed E-state index contributed by atoms with van der Waals surface area (Å²) in [7, 11) is 0. The van der Waals surface area contributed by atoms with Gasteiger partial charge in [-0.05, 0) is 54.1 Å². The van der Waals surface area contributed by atoms with Gasteiger partial charge in [0.2, 0.25) is 0 Å². The second-order valence-corrected chi connectivity index (χ2v) is 8.77. The van der Waals surface area contributed by atoms with Gasteiger partial charge in [0.05, 0.1) is 19.9 Å². The predicted octanol–water partition coefficient (Wildman–Crippen LogP) is 6.75. The number of nitro groups is 1. The zero-order chi connectivity index (χ0) is 21.0. The number of nitro benzene ring substituents is 1. The molecule has 0 aliphatic rings. The number of hydrogen-bond acceptors (Lipinski definition) is 4. The zero-order valence-corrected chi connectivity index (χ0v) is 18.6. The Bertz CT molecular complexity index is 1080. The molecule has 0 unspecified atom stereocenters. The highest BCUT2D eigenvalue weighted by atomic mass is 79.9. The topological polar surface area (TPSA) is 72.2 Å². The van der Waals surface area contributed by atoms with Crippen molar-refractivity contribution in [3.63, 3.8) is 0 Å². The van der Waals surface area contributed by atoms with E-state index < -0.39 is 10.8 Å². The quantitative estimate of drug-likeness (QED) is 0.293. The summed E-state index contributed by atoms with van der Waals surface area (Å²) < 4.78 is 0.922. The van der Waals surface area contributed by atoms with Crippen LogP contribution in [-0.2, 0) is 6.54 Å². The van der Waals surface area contributed by atoms with Gasteiger partial charge in [0, 0.05) is 27.5 Å². The minimum Gasteiger partial charge on any atom is -0.348 e. The monoisotopic (exact) mass is 510 g/mol. The summed E-state index contributed by atoms with van der Waals surface area (Å²) in [5.74, 6) is -0.417. The van der Waals surface area contributed by atoms with Gasteiger partial charge in [-0.1, -0.05) is 57.0 Å². The number of rotatable bonds is 6. The summed E-state index contributed by atoms with van der Waals surface area (Å²) >= 11 is 16.5. The van der Waals surface area contributed by atoms with E-state index in [0.717, 1.165) is 14.9 Å². The molecule has 3 rings (SSSR count). The van der Waals surface area contributed by atoms with Crippen LogP contribution in [-0.4, -0.2) is 10.8 Å². The normalized spacial score (nSPS) is 10.6. The van der Waals surface area contributed by atoms with Crippen LogP contribution in [0.3, 0.4) is 0 Å². The van der Waals surface area contributed by atoms with Crippen molar-refractivity contribution in [1.82, 2.24) is 5.32 Å². The molecule has 0 spiro atoms. The van der Waals surface area contributed by atoms with Crippen LogP contribution in [0.5, 0.6) is 0 Å². The third-order valence-corrected chi connectivity index (χ3v) is 6.24. The number of nitrogens with one attached hydrogen (secondary N) is 1. The fourth-order valence-corrected chi connectivity index (χ4v) is 3.94. The van der Waals surface area contributed by atoms with E-state index >= 15 is 0 Å². The molecule has 1 amide bonds. The van der Waals surface area contributed by atoms with Crippen LogP contribution in [0.2, 0.25) is 10.0 Å². The molecule has 0 aliphatic heterocycles. The Morgan fingerprint density at radius 1 is 1.03 bits per heavy atom. The Balaban J connectivity index is 1.76. The van der Waals surface area contributed by atoms with Crippen molar-refractivity contribution in [3.8, 4) is 0 Å². The van der Waals surface area contributed by atoms with Crippen LogP contribution in [0.25, 0.3) is 0 Å². The molecule has 0 fully saturated rings. The fourth-order valence-electron chi connectivity index (χ4n) is 2.45. The number of nitrogens with zero attached hydrogens (tertiary/aromatic N) is 1. The Hall–Kier alpha value is -2.06. The number of carbonyl (C=O) groups excluding carboxylic acids is 1. The highest BCUT2D eigenvalue weighted by Crippen LogP contribution is 2.35. The van der Waals surface area contributed by atoms with Gasteiger partial charge >= 0.3 is 0 Å². The highest BCUT2D eigenvalue weighted by Gasteiger charge is 2.18. The molecule has 29 heavy (non-hydrogen) atoms. The Labute approximate surface area is 189 Å². The predicted molar refractivity (Wildman–Crippen MR) is 119 cm³/mol. The van der Waals surface area contributed by atoms with Gasteiger partial charge in [0.15, 0.2) is 0 Å². The summed E-state index contributed by atoms with van der Waals surface area (Å²) in [5, 5.41) is 15.1. The van der Waals surface area contributed by atoms with Crippen LogP contribution in [0.1, 0.15) is 15.9 Å². The van der Waals surface area contributed by atoms with Crippen LogP contribution in [0.15, 0.2) is 74.9 Å². The van der Waals surface area contributed by atoms with Gasteiger partial charge in [0.25, 0.3) is 11.6 Å². The maximum atomic E-state index is 12.4. The lowest BCUT2D eigenvalue weighted by Crippen LogP contribution is -2.22. The maximum Gasteiger partial charge on any atom is 0.284 e. The zero-order valence-electron chi connectivity index (χ0n) is 14.7. The number of carbonyl (C=O) groups is 1. The molecular weight excluding hydrogens is 499 g/mol. The fraction of sp³-hybridized carbons (Fsp3) is 0.0500. The molecule has 148 valence electrons. The van der Waals surface area contributed by atoms with Crippen LogP contribution >= 0.6 is 50.9 Å². The molecule has 3 aromatic carbocycles. The molecule has 3 aromatic rings. The Morgan fingerprint density at radius 3 is 2.41 bits per heavy atom. The van der Waals surface area contributed by atoms with Crippen molar-refractivity contribution in [2.75, 3.05) is 0 Å². The van der Waals surface area contributed by atoms with E-state index in [-0.39, 0.29) is 17.8 Å². The molecule has 0 bridgehead atoms. The van der Waals surface area contributed by atoms with E-state index in [1.165, 1.54) is 17.8 Å². The van der Waals surface area contributed by atoms with Crippen molar-refractivity contribution < 1.29 is 9.72 Å². The number of benzene rings is 3. The SMILES string of the molecule is O=C(NCc1ccc(Cl)c(Cl)c1)c1ccc(Sc2ccc(Br)cc2)c([N+](=O)[O-])c1. The minimum atomic E-state index is -0.489. The summed E-state index contributed by atoms with van der Waals surface area (Å²) in [6.45, 7) is 0.221. The first-order valence-corrected chi connectivity index (χ1v) is 10.6.